The van der Waals surface area contributed by atoms with E-state index in [1.54, 1.807) is 0 Å². The highest BCUT2D eigenvalue weighted by molar-refractivity contribution is 4.76. The summed E-state index contributed by atoms with van der Waals surface area (Å²) in [6, 6.07) is 0.700. The maximum atomic E-state index is 3.39. The summed E-state index contributed by atoms with van der Waals surface area (Å²) in [6.45, 7) is 4.65. The molecular weight excluding hydrogens is 158 g/mol. The topological polar surface area (TPSA) is 12.0 Å². The smallest absolute Gasteiger partial charge is 0.00639 e. The van der Waals surface area contributed by atoms with E-state index in [9.17, 15) is 0 Å². The lowest BCUT2D eigenvalue weighted by atomic mass is 9.87. The highest BCUT2D eigenvalue weighted by atomic mass is 14.9. The summed E-state index contributed by atoms with van der Waals surface area (Å²) in [5.41, 5.74) is 0. The molecule has 13 heavy (non-hydrogen) atoms. The summed E-state index contributed by atoms with van der Waals surface area (Å²) < 4.78 is 0. The third-order valence-electron chi connectivity index (χ3n) is 3.80. The molecule has 0 radical (unpaired) electrons. The summed E-state index contributed by atoms with van der Waals surface area (Å²) in [4.78, 5) is 0. The van der Waals surface area contributed by atoms with Gasteiger partial charge in [0.05, 0.1) is 0 Å². The predicted molar refractivity (Wildman–Crippen MR) is 58.9 cm³/mol. The monoisotopic (exact) mass is 183 g/mol. The maximum absolute atomic E-state index is 3.39. The average molecular weight is 183 g/mol. The summed E-state index contributed by atoms with van der Waals surface area (Å²) in [5.74, 6) is 1.94. The molecule has 1 saturated carbocycles. The van der Waals surface area contributed by atoms with Crippen LogP contribution in [0.25, 0.3) is 0 Å². The fraction of sp³-hybridized carbons (Fsp3) is 1.00. The molecule has 1 rings (SSSR count). The molecule has 1 N–H and O–H groups in total. The van der Waals surface area contributed by atoms with Gasteiger partial charge in [0.2, 0.25) is 0 Å². The Morgan fingerprint density at radius 1 is 1.31 bits per heavy atom. The Morgan fingerprint density at radius 3 is 2.38 bits per heavy atom. The molecule has 0 aliphatic heterocycles. The quantitative estimate of drug-likeness (QED) is 0.690. The second kappa shape index (κ2) is 5.64. The van der Waals surface area contributed by atoms with Crippen molar-refractivity contribution in [1.82, 2.24) is 5.32 Å². The van der Waals surface area contributed by atoms with Crippen molar-refractivity contribution < 1.29 is 0 Å². The van der Waals surface area contributed by atoms with Gasteiger partial charge in [-0.05, 0) is 32.2 Å². The van der Waals surface area contributed by atoms with Gasteiger partial charge in [-0.3, -0.25) is 0 Å². The lowest BCUT2D eigenvalue weighted by Gasteiger charge is -2.25. The summed E-state index contributed by atoms with van der Waals surface area (Å²) in [7, 11) is 2.09. The maximum Gasteiger partial charge on any atom is 0.00639 e. The second-order valence-corrected chi connectivity index (χ2v) is 4.63. The number of hydrogen-bond acceptors (Lipinski definition) is 1. The van der Waals surface area contributed by atoms with Gasteiger partial charge in [0, 0.05) is 6.04 Å². The van der Waals surface area contributed by atoms with Crippen molar-refractivity contribution in [1.29, 1.82) is 0 Å². The zero-order valence-corrected chi connectivity index (χ0v) is 9.47. The van der Waals surface area contributed by atoms with Crippen LogP contribution in [0.4, 0.5) is 0 Å². The van der Waals surface area contributed by atoms with Crippen LogP contribution in [0, 0.1) is 11.8 Å². The van der Waals surface area contributed by atoms with E-state index in [2.05, 4.69) is 26.2 Å². The minimum atomic E-state index is 0.700. The normalized spacial score (nSPS) is 23.3. The van der Waals surface area contributed by atoms with Crippen LogP contribution in [-0.2, 0) is 0 Å². The Balaban J connectivity index is 2.29. The van der Waals surface area contributed by atoms with E-state index in [0.29, 0.717) is 6.04 Å². The van der Waals surface area contributed by atoms with Gasteiger partial charge in [-0.2, -0.15) is 0 Å². The van der Waals surface area contributed by atoms with Crippen molar-refractivity contribution in [2.24, 2.45) is 11.8 Å². The third kappa shape index (κ3) is 3.30. The number of nitrogens with one attached hydrogen (secondary N) is 1. The molecule has 1 aliphatic rings. The fourth-order valence-electron chi connectivity index (χ4n) is 2.63. The van der Waals surface area contributed by atoms with Crippen LogP contribution in [0.3, 0.4) is 0 Å². The Labute approximate surface area is 83.3 Å². The average Bonchev–Trinajstić information content (AvgIpc) is 2.65. The first-order chi connectivity index (χ1) is 6.27. The molecule has 0 amide bonds. The molecule has 0 aromatic heterocycles. The minimum Gasteiger partial charge on any atom is -0.317 e. The summed E-state index contributed by atoms with van der Waals surface area (Å²) in [6.07, 6.45) is 8.74. The molecule has 0 bridgehead atoms. The molecular formula is C12H25N. The molecule has 1 aliphatic carbocycles. The Kier molecular flexibility index (Phi) is 4.79. The Bertz CT molecular complexity index is 127. The number of hydrogen-bond donors (Lipinski definition) is 1. The second-order valence-electron chi connectivity index (χ2n) is 4.63. The van der Waals surface area contributed by atoms with E-state index in [0.717, 1.165) is 11.8 Å². The highest BCUT2D eigenvalue weighted by Gasteiger charge is 2.21. The number of rotatable bonds is 5. The van der Waals surface area contributed by atoms with Crippen LogP contribution in [0.5, 0.6) is 0 Å². The van der Waals surface area contributed by atoms with E-state index in [-0.39, 0.29) is 0 Å². The van der Waals surface area contributed by atoms with Crippen molar-refractivity contribution in [3.63, 3.8) is 0 Å². The van der Waals surface area contributed by atoms with Gasteiger partial charge in [-0.25, -0.2) is 0 Å². The lowest BCUT2D eigenvalue weighted by molar-refractivity contribution is 0.302. The lowest BCUT2D eigenvalue weighted by Crippen LogP contribution is -2.31. The molecule has 2 atom stereocenters. The van der Waals surface area contributed by atoms with Crippen molar-refractivity contribution in [3.05, 3.63) is 0 Å². The van der Waals surface area contributed by atoms with E-state index in [4.69, 9.17) is 0 Å². The zero-order valence-electron chi connectivity index (χ0n) is 9.47. The molecule has 0 heterocycles. The molecule has 0 spiro atoms. The first-order valence-electron chi connectivity index (χ1n) is 5.95. The van der Waals surface area contributed by atoms with Gasteiger partial charge in [0.25, 0.3) is 0 Å². The van der Waals surface area contributed by atoms with Crippen molar-refractivity contribution in [3.8, 4) is 0 Å². The minimum absolute atomic E-state index is 0.700. The van der Waals surface area contributed by atoms with Gasteiger partial charge >= 0.3 is 0 Å². The Hall–Kier alpha value is -0.0400. The molecule has 2 unspecified atom stereocenters. The molecule has 1 nitrogen and oxygen atoms in total. The van der Waals surface area contributed by atoms with Crippen LogP contribution in [0.15, 0.2) is 0 Å². The third-order valence-corrected chi connectivity index (χ3v) is 3.80. The zero-order chi connectivity index (χ0) is 9.68. The van der Waals surface area contributed by atoms with Crippen LogP contribution in [0.1, 0.15) is 52.4 Å². The van der Waals surface area contributed by atoms with Crippen LogP contribution in [0.2, 0.25) is 0 Å². The highest BCUT2D eigenvalue weighted by Crippen LogP contribution is 2.32. The van der Waals surface area contributed by atoms with Gasteiger partial charge < -0.3 is 5.32 Å². The van der Waals surface area contributed by atoms with Gasteiger partial charge in [-0.1, -0.05) is 39.0 Å². The molecule has 0 saturated heterocycles. The van der Waals surface area contributed by atoms with Crippen molar-refractivity contribution >= 4 is 0 Å². The molecule has 0 aromatic carbocycles. The van der Waals surface area contributed by atoms with E-state index in [1.807, 2.05) is 0 Å². The Morgan fingerprint density at radius 2 is 1.92 bits per heavy atom. The largest absolute Gasteiger partial charge is 0.317 e. The first kappa shape index (κ1) is 11.0. The van der Waals surface area contributed by atoms with Gasteiger partial charge in [-0.15, -0.1) is 0 Å². The summed E-state index contributed by atoms with van der Waals surface area (Å²) >= 11 is 0. The fourth-order valence-corrected chi connectivity index (χ4v) is 2.63. The van der Waals surface area contributed by atoms with Gasteiger partial charge in [0.15, 0.2) is 0 Å². The van der Waals surface area contributed by atoms with Crippen LogP contribution < -0.4 is 5.32 Å². The molecule has 1 heteroatoms. The van der Waals surface area contributed by atoms with Crippen molar-refractivity contribution in [2.75, 3.05) is 7.05 Å². The summed E-state index contributed by atoms with van der Waals surface area (Å²) in [5, 5.41) is 3.39. The van der Waals surface area contributed by atoms with E-state index >= 15 is 0 Å². The van der Waals surface area contributed by atoms with Gasteiger partial charge in [0.1, 0.15) is 0 Å². The molecule has 78 valence electrons. The molecule has 0 aromatic rings. The SMILES string of the molecule is CCC(CC1CCCC1)C(C)NC. The standard InChI is InChI=1S/C12H25N/c1-4-12(10(2)13-3)9-11-7-5-6-8-11/h10-13H,4-9H2,1-3H3. The van der Waals surface area contributed by atoms with Crippen molar-refractivity contribution in [2.45, 2.75) is 58.4 Å². The van der Waals surface area contributed by atoms with Crippen LogP contribution >= 0.6 is 0 Å². The van der Waals surface area contributed by atoms with E-state index < -0.39 is 0 Å². The van der Waals surface area contributed by atoms with E-state index in [1.165, 1.54) is 38.5 Å². The first-order valence-corrected chi connectivity index (χ1v) is 5.95. The predicted octanol–water partition coefficient (Wildman–Crippen LogP) is 3.20. The van der Waals surface area contributed by atoms with Crippen LogP contribution in [-0.4, -0.2) is 13.1 Å². The molecule has 1 fully saturated rings.